The largest absolute Gasteiger partial charge is 0.508 e. The fourth-order valence-electron chi connectivity index (χ4n) is 6.56. The predicted octanol–water partition coefficient (Wildman–Crippen LogP) is 4.48. The van der Waals surface area contributed by atoms with Crippen LogP contribution in [-0.2, 0) is 14.3 Å². The molecule has 2 aromatic carbocycles. The van der Waals surface area contributed by atoms with Gasteiger partial charge in [0.1, 0.15) is 5.75 Å². The third-order valence-electron chi connectivity index (χ3n) is 8.59. The maximum atomic E-state index is 13.8. The first-order valence-electron chi connectivity index (χ1n) is 14.0. The molecule has 0 aromatic heterocycles. The molecule has 2 aromatic rings. The number of amides is 2. The molecule has 2 saturated heterocycles. The first kappa shape index (κ1) is 28.6. The van der Waals surface area contributed by atoms with Crippen LogP contribution in [0.15, 0.2) is 59.2 Å². The van der Waals surface area contributed by atoms with Gasteiger partial charge in [-0.2, -0.15) is 0 Å². The van der Waals surface area contributed by atoms with Crippen LogP contribution in [0.25, 0.3) is 6.08 Å². The van der Waals surface area contributed by atoms with Crippen molar-refractivity contribution in [2.24, 2.45) is 23.7 Å². The zero-order valence-corrected chi connectivity index (χ0v) is 23.8. The van der Waals surface area contributed by atoms with Gasteiger partial charge < -0.3 is 19.9 Å². The number of rotatable bonds is 8. The molecular weight excluding hydrogens is 529 g/mol. The molecule has 9 heteroatoms. The number of carbonyl (C=O) groups is 2. The van der Waals surface area contributed by atoms with Crippen molar-refractivity contribution in [2.75, 3.05) is 11.5 Å². The molecule has 3 N–H and O–H groups in total. The molecule has 7 nitrogen and oxygen atoms in total. The van der Waals surface area contributed by atoms with Gasteiger partial charge in [-0.1, -0.05) is 61.7 Å². The summed E-state index contributed by atoms with van der Waals surface area (Å²) in [5.41, 5.74) is 5.05. The molecule has 0 spiro atoms. The van der Waals surface area contributed by atoms with Crippen molar-refractivity contribution in [3.05, 3.63) is 69.8 Å². The van der Waals surface area contributed by atoms with Crippen LogP contribution in [0.4, 0.5) is 5.69 Å². The highest BCUT2D eigenvalue weighted by Crippen LogP contribution is 2.52. The van der Waals surface area contributed by atoms with Gasteiger partial charge in [-0.15, -0.1) is 0 Å². The molecule has 0 unspecified atom stereocenters. The molecular formula is C31H35BClNO6. The van der Waals surface area contributed by atoms with Crippen LogP contribution in [0.3, 0.4) is 0 Å². The third-order valence-corrected chi connectivity index (χ3v) is 8.92. The van der Waals surface area contributed by atoms with Gasteiger partial charge in [-0.3, -0.25) is 14.5 Å². The zero-order valence-electron chi connectivity index (χ0n) is 23.0. The summed E-state index contributed by atoms with van der Waals surface area (Å²) >= 11 is 6.34. The highest BCUT2D eigenvalue weighted by Gasteiger charge is 2.57. The Kier molecular flexibility index (Phi) is 8.25. The average Bonchev–Trinajstić information content (AvgIpc) is 3.45. The van der Waals surface area contributed by atoms with E-state index in [0.29, 0.717) is 23.7 Å². The van der Waals surface area contributed by atoms with Crippen LogP contribution >= 0.6 is 11.6 Å². The van der Waals surface area contributed by atoms with Crippen LogP contribution in [0.1, 0.15) is 52.0 Å². The van der Waals surface area contributed by atoms with E-state index in [1.54, 1.807) is 24.3 Å². The molecule has 3 aliphatic rings. The lowest BCUT2D eigenvalue weighted by molar-refractivity contribution is -0.122. The number of nitrogens with zero attached hydrogens (tertiary/aromatic N) is 1. The molecule has 2 fully saturated rings. The van der Waals surface area contributed by atoms with Gasteiger partial charge in [-0.05, 0) is 78.5 Å². The quantitative estimate of drug-likeness (QED) is 0.248. The molecule has 40 heavy (non-hydrogen) atoms. The molecule has 2 heterocycles. The van der Waals surface area contributed by atoms with Crippen LogP contribution in [0, 0.1) is 23.7 Å². The lowest BCUT2D eigenvalue weighted by atomic mass is 9.67. The molecule has 210 valence electrons. The summed E-state index contributed by atoms with van der Waals surface area (Å²) in [6.45, 7) is 6.76. The fraction of sp³-hybridized carbons (Fsp3) is 0.419. The Morgan fingerprint density at radius 2 is 1.93 bits per heavy atom. The molecule has 0 bridgehead atoms. The van der Waals surface area contributed by atoms with Gasteiger partial charge in [0, 0.05) is 5.92 Å². The number of imide groups is 1. The van der Waals surface area contributed by atoms with Crippen molar-refractivity contribution in [3.8, 4) is 5.75 Å². The number of benzene rings is 2. The van der Waals surface area contributed by atoms with E-state index in [9.17, 15) is 24.7 Å². The van der Waals surface area contributed by atoms with Crippen molar-refractivity contribution in [1.29, 1.82) is 0 Å². The summed E-state index contributed by atoms with van der Waals surface area (Å²) in [7, 11) is -1.69. The standard InChI is InChI=1S/C31H35BClNO6/c1-4-18(12-19-9-10-22(35)14-26(19)33)8-11-27-28-23(17(2)3)15-24-29(25(28)16-40-27)31(37)34(30(24)36)21-7-5-6-20(13-21)32(38)39/h5-7,9-10,12-14,17,24-25,27,29,35,38-39H,4,8,11,15-16H2,1-3H3/b18-12+/t24-,25+,27-,29-/m1/s1. The van der Waals surface area contributed by atoms with E-state index in [4.69, 9.17) is 16.3 Å². The number of anilines is 1. The number of ether oxygens (including phenoxy) is 1. The van der Waals surface area contributed by atoms with E-state index in [2.05, 4.69) is 26.8 Å². The van der Waals surface area contributed by atoms with E-state index < -0.39 is 19.0 Å². The second-order valence-corrected chi connectivity index (χ2v) is 11.7. The van der Waals surface area contributed by atoms with Crippen molar-refractivity contribution >= 4 is 47.8 Å². The monoisotopic (exact) mass is 563 g/mol. The second-order valence-electron chi connectivity index (χ2n) is 11.3. The minimum Gasteiger partial charge on any atom is -0.508 e. The Labute approximate surface area is 240 Å². The molecule has 5 rings (SSSR count). The summed E-state index contributed by atoms with van der Waals surface area (Å²) in [6, 6.07) is 11.3. The number of halogens is 1. The van der Waals surface area contributed by atoms with Gasteiger partial charge >= 0.3 is 7.12 Å². The van der Waals surface area contributed by atoms with Crippen molar-refractivity contribution in [3.63, 3.8) is 0 Å². The van der Waals surface area contributed by atoms with Crippen molar-refractivity contribution < 1.29 is 29.5 Å². The number of carbonyl (C=O) groups excluding carboxylic acids is 2. The van der Waals surface area contributed by atoms with E-state index in [-0.39, 0.29) is 41.0 Å². The zero-order chi connectivity index (χ0) is 28.7. The van der Waals surface area contributed by atoms with Crippen LogP contribution in [-0.4, -0.2) is 46.8 Å². The summed E-state index contributed by atoms with van der Waals surface area (Å²) < 4.78 is 6.36. The predicted molar refractivity (Wildman–Crippen MR) is 156 cm³/mol. The van der Waals surface area contributed by atoms with Crippen LogP contribution in [0.2, 0.25) is 5.02 Å². The molecule has 2 aliphatic heterocycles. The highest BCUT2D eigenvalue weighted by atomic mass is 35.5. The number of hydrogen-bond donors (Lipinski definition) is 3. The van der Waals surface area contributed by atoms with Gasteiger partial charge in [0.25, 0.3) is 0 Å². The number of phenols is 1. The van der Waals surface area contributed by atoms with Crippen LogP contribution in [0.5, 0.6) is 5.75 Å². The number of fused-ring (bicyclic) bond motifs is 3. The summed E-state index contributed by atoms with van der Waals surface area (Å²) in [4.78, 5) is 28.7. The average molecular weight is 564 g/mol. The lowest BCUT2D eigenvalue weighted by Gasteiger charge is -2.33. The van der Waals surface area contributed by atoms with Gasteiger partial charge in [-0.25, -0.2) is 0 Å². The first-order valence-corrected chi connectivity index (χ1v) is 14.3. The number of hydrogen-bond acceptors (Lipinski definition) is 6. The Hall–Kier alpha value is -2.91. The Morgan fingerprint density at radius 1 is 1.15 bits per heavy atom. The number of aromatic hydroxyl groups is 1. The maximum absolute atomic E-state index is 13.8. The molecule has 2 amide bonds. The maximum Gasteiger partial charge on any atom is 0.488 e. The minimum atomic E-state index is -1.69. The van der Waals surface area contributed by atoms with Gasteiger partial charge in [0.2, 0.25) is 11.8 Å². The smallest absolute Gasteiger partial charge is 0.488 e. The highest BCUT2D eigenvalue weighted by molar-refractivity contribution is 6.58. The van der Waals surface area contributed by atoms with Gasteiger partial charge in [0.05, 0.1) is 35.3 Å². The topological polar surface area (TPSA) is 107 Å². The fourth-order valence-corrected chi connectivity index (χ4v) is 6.79. The van der Waals surface area contributed by atoms with E-state index >= 15 is 0 Å². The minimum absolute atomic E-state index is 0.126. The summed E-state index contributed by atoms with van der Waals surface area (Å²) in [6.07, 6.45) is 4.87. The molecule has 4 atom stereocenters. The SMILES string of the molecule is CC/C(=C\c1ccc(O)cc1Cl)CC[C@H]1OC[C@H]2C1=C(C(C)C)C[C@H]1C(=O)N(c3cccc(B(O)O)c3)C(=O)[C@H]12. The third kappa shape index (κ3) is 5.26. The second kappa shape index (κ2) is 11.5. The van der Waals surface area contributed by atoms with E-state index in [0.717, 1.165) is 24.8 Å². The first-order chi connectivity index (χ1) is 19.1. The number of allylic oxidation sites excluding steroid dienone is 2. The Morgan fingerprint density at radius 3 is 2.60 bits per heavy atom. The van der Waals surface area contributed by atoms with Crippen molar-refractivity contribution in [2.45, 2.75) is 52.6 Å². The van der Waals surface area contributed by atoms with Crippen LogP contribution < -0.4 is 10.4 Å². The lowest BCUT2D eigenvalue weighted by Crippen LogP contribution is -2.36. The summed E-state index contributed by atoms with van der Waals surface area (Å²) in [5, 5.41) is 29.4. The normalized spacial score (nSPS) is 24.7. The molecule has 0 radical (unpaired) electrons. The van der Waals surface area contributed by atoms with Gasteiger partial charge in [0.15, 0.2) is 0 Å². The number of phenolic OH excluding ortho intramolecular Hbond substituents is 1. The van der Waals surface area contributed by atoms with E-state index in [1.807, 2.05) is 6.07 Å². The van der Waals surface area contributed by atoms with Crippen molar-refractivity contribution in [1.82, 2.24) is 0 Å². The molecule has 1 aliphatic carbocycles. The molecule has 0 saturated carbocycles. The Bertz CT molecular complexity index is 1390. The Balaban J connectivity index is 1.40. The summed E-state index contributed by atoms with van der Waals surface area (Å²) in [5.74, 6) is -1.24. The van der Waals surface area contributed by atoms with E-state index in [1.165, 1.54) is 33.8 Å².